The highest BCUT2D eigenvalue weighted by Gasteiger charge is 2.31. The molecule has 0 radical (unpaired) electrons. The molecule has 0 aromatic carbocycles. The molecule has 0 bridgehead atoms. The summed E-state index contributed by atoms with van der Waals surface area (Å²) in [7, 11) is 0. The van der Waals surface area contributed by atoms with E-state index in [1.54, 1.807) is 0 Å². The molecule has 0 saturated carbocycles. The van der Waals surface area contributed by atoms with Crippen LogP contribution in [0.3, 0.4) is 0 Å². The predicted octanol–water partition coefficient (Wildman–Crippen LogP) is 0.773. The molecule has 0 spiro atoms. The standard InChI is InChI=1S/C10H21NO2/c1-9(2)11-7-10(8-12)3-5-13-6-4-10/h9,11-12H,3-8H2,1-2H3. The molecule has 1 aliphatic rings. The molecule has 1 saturated heterocycles. The van der Waals surface area contributed by atoms with Crippen LogP contribution in [-0.2, 0) is 4.74 Å². The molecule has 1 aliphatic heterocycles. The predicted molar refractivity (Wildman–Crippen MR) is 52.7 cm³/mol. The molecule has 3 heteroatoms. The van der Waals surface area contributed by atoms with Gasteiger partial charge in [0.1, 0.15) is 0 Å². The summed E-state index contributed by atoms with van der Waals surface area (Å²) in [6, 6.07) is 0.492. The highest BCUT2D eigenvalue weighted by atomic mass is 16.5. The summed E-state index contributed by atoms with van der Waals surface area (Å²) in [6.07, 6.45) is 1.95. The zero-order valence-electron chi connectivity index (χ0n) is 8.68. The van der Waals surface area contributed by atoms with Crippen LogP contribution in [0.25, 0.3) is 0 Å². The smallest absolute Gasteiger partial charge is 0.0501 e. The van der Waals surface area contributed by atoms with Gasteiger partial charge in [0.25, 0.3) is 0 Å². The number of ether oxygens (including phenoxy) is 1. The minimum absolute atomic E-state index is 0.0719. The second-order valence-corrected chi connectivity index (χ2v) is 4.31. The number of nitrogens with one attached hydrogen (secondary N) is 1. The molecular weight excluding hydrogens is 166 g/mol. The second-order valence-electron chi connectivity index (χ2n) is 4.31. The fraction of sp³-hybridized carbons (Fsp3) is 1.00. The van der Waals surface area contributed by atoms with Gasteiger partial charge >= 0.3 is 0 Å². The second kappa shape index (κ2) is 4.94. The Labute approximate surface area is 80.5 Å². The molecule has 78 valence electrons. The lowest BCUT2D eigenvalue weighted by atomic mass is 9.81. The van der Waals surface area contributed by atoms with E-state index in [0.29, 0.717) is 6.04 Å². The van der Waals surface area contributed by atoms with E-state index in [9.17, 15) is 5.11 Å². The average Bonchev–Trinajstić information content (AvgIpc) is 2.16. The third-order valence-corrected chi connectivity index (χ3v) is 2.77. The van der Waals surface area contributed by atoms with Gasteiger partial charge in [0, 0.05) is 31.2 Å². The Morgan fingerprint density at radius 3 is 2.46 bits per heavy atom. The third-order valence-electron chi connectivity index (χ3n) is 2.77. The summed E-state index contributed by atoms with van der Waals surface area (Å²) in [5.74, 6) is 0. The monoisotopic (exact) mass is 187 g/mol. The van der Waals surface area contributed by atoms with Gasteiger partial charge in [-0.15, -0.1) is 0 Å². The van der Waals surface area contributed by atoms with Gasteiger partial charge in [0.05, 0.1) is 6.61 Å². The molecule has 1 rings (SSSR count). The van der Waals surface area contributed by atoms with Crippen LogP contribution >= 0.6 is 0 Å². The summed E-state index contributed by atoms with van der Waals surface area (Å²) in [5, 5.41) is 12.8. The van der Waals surface area contributed by atoms with Gasteiger partial charge in [0.2, 0.25) is 0 Å². The molecule has 0 unspecified atom stereocenters. The van der Waals surface area contributed by atoms with Crippen LogP contribution in [0.5, 0.6) is 0 Å². The minimum atomic E-state index is 0.0719. The van der Waals surface area contributed by atoms with E-state index in [4.69, 9.17) is 4.74 Å². The summed E-state index contributed by atoms with van der Waals surface area (Å²) in [4.78, 5) is 0. The van der Waals surface area contributed by atoms with Crippen molar-refractivity contribution in [2.45, 2.75) is 32.7 Å². The highest BCUT2D eigenvalue weighted by Crippen LogP contribution is 2.28. The van der Waals surface area contributed by atoms with Crippen LogP contribution < -0.4 is 5.32 Å². The van der Waals surface area contributed by atoms with E-state index in [2.05, 4.69) is 19.2 Å². The molecule has 3 nitrogen and oxygen atoms in total. The maximum absolute atomic E-state index is 9.36. The summed E-state index contributed by atoms with van der Waals surface area (Å²) in [5.41, 5.74) is 0.0719. The first-order chi connectivity index (χ1) is 6.18. The lowest BCUT2D eigenvalue weighted by Crippen LogP contribution is -2.43. The van der Waals surface area contributed by atoms with Gasteiger partial charge < -0.3 is 15.2 Å². The van der Waals surface area contributed by atoms with Crippen LogP contribution in [0.4, 0.5) is 0 Å². The van der Waals surface area contributed by atoms with E-state index >= 15 is 0 Å². The first-order valence-corrected chi connectivity index (χ1v) is 5.10. The van der Waals surface area contributed by atoms with E-state index in [1.165, 1.54) is 0 Å². The topological polar surface area (TPSA) is 41.5 Å². The van der Waals surface area contributed by atoms with Crippen molar-refractivity contribution in [3.05, 3.63) is 0 Å². The molecule has 0 aromatic heterocycles. The first-order valence-electron chi connectivity index (χ1n) is 5.10. The quantitative estimate of drug-likeness (QED) is 0.683. The Balaban J connectivity index is 2.38. The Bertz CT molecular complexity index is 142. The van der Waals surface area contributed by atoms with Crippen molar-refractivity contribution in [2.24, 2.45) is 5.41 Å². The zero-order chi connectivity index (χ0) is 9.73. The number of rotatable bonds is 4. The zero-order valence-corrected chi connectivity index (χ0v) is 8.68. The minimum Gasteiger partial charge on any atom is -0.396 e. The van der Waals surface area contributed by atoms with Crippen molar-refractivity contribution < 1.29 is 9.84 Å². The molecule has 0 amide bonds. The molecule has 0 aromatic rings. The number of aliphatic hydroxyl groups excluding tert-OH is 1. The van der Waals surface area contributed by atoms with Crippen molar-refractivity contribution in [2.75, 3.05) is 26.4 Å². The molecule has 0 aliphatic carbocycles. The van der Waals surface area contributed by atoms with E-state index in [-0.39, 0.29) is 12.0 Å². The van der Waals surface area contributed by atoms with Crippen molar-refractivity contribution >= 4 is 0 Å². The highest BCUT2D eigenvalue weighted by molar-refractivity contribution is 4.83. The van der Waals surface area contributed by atoms with Gasteiger partial charge in [-0.3, -0.25) is 0 Å². The summed E-state index contributed by atoms with van der Waals surface area (Å²) >= 11 is 0. The maximum atomic E-state index is 9.36. The lowest BCUT2D eigenvalue weighted by molar-refractivity contribution is -0.0160. The van der Waals surface area contributed by atoms with Crippen LogP contribution in [-0.4, -0.2) is 37.5 Å². The SMILES string of the molecule is CC(C)NCC1(CO)CCOCC1. The molecule has 2 N–H and O–H groups in total. The number of hydrogen-bond acceptors (Lipinski definition) is 3. The van der Waals surface area contributed by atoms with Gasteiger partial charge in [-0.25, -0.2) is 0 Å². The summed E-state index contributed by atoms with van der Waals surface area (Å²) in [6.45, 7) is 7.02. The molecule has 1 heterocycles. The van der Waals surface area contributed by atoms with E-state index in [1.807, 2.05) is 0 Å². The lowest BCUT2D eigenvalue weighted by Gasteiger charge is -2.36. The van der Waals surface area contributed by atoms with Crippen LogP contribution in [0, 0.1) is 5.41 Å². The van der Waals surface area contributed by atoms with Crippen molar-refractivity contribution in [3.63, 3.8) is 0 Å². The normalized spacial score (nSPS) is 22.2. The van der Waals surface area contributed by atoms with Gasteiger partial charge in [-0.2, -0.15) is 0 Å². The van der Waals surface area contributed by atoms with Crippen LogP contribution in [0.1, 0.15) is 26.7 Å². The number of aliphatic hydroxyl groups is 1. The van der Waals surface area contributed by atoms with Crippen LogP contribution in [0.15, 0.2) is 0 Å². The first kappa shape index (κ1) is 11.0. The molecule has 13 heavy (non-hydrogen) atoms. The maximum Gasteiger partial charge on any atom is 0.0501 e. The van der Waals surface area contributed by atoms with Crippen molar-refractivity contribution in [3.8, 4) is 0 Å². The summed E-state index contributed by atoms with van der Waals surface area (Å²) < 4.78 is 5.29. The van der Waals surface area contributed by atoms with Crippen LogP contribution in [0.2, 0.25) is 0 Å². The van der Waals surface area contributed by atoms with E-state index in [0.717, 1.165) is 32.6 Å². The Morgan fingerprint density at radius 2 is 2.00 bits per heavy atom. The number of hydrogen-bond donors (Lipinski definition) is 2. The van der Waals surface area contributed by atoms with Crippen molar-refractivity contribution in [1.29, 1.82) is 0 Å². The average molecular weight is 187 g/mol. The molecule has 0 atom stereocenters. The van der Waals surface area contributed by atoms with Gasteiger partial charge in [-0.1, -0.05) is 13.8 Å². The van der Waals surface area contributed by atoms with Gasteiger partial charge in [0.15, 0.2) is 0 Å². The van der Waals surface area contributed by atoms with E-state index < -0.39 is 0 Å². The Hall–Kier alpha value is -0.120. The Kier molecular flexibility index (Phi) is 4.16. The third kappa shape index (κ3) is 3.25. The molecule has 1 fully saturated rings. The Morgan fingerprint density at radius 1 is 1.38 bits per heavy atom. The fourth-order valence-corrected chi connectivity index (χ4v) is 1.62. The van der Waals surface area contributed by atoms with Crippen molar-refractivity contribution in [1.82, 2.24) is 5.32 Å². The fourth-order valence-electron chi connectivity index (χ4n) is 1.62. The largest absolute Gasteiger partial charge is 0.396 e. The molecular formula is C10H21NO2. The van der Waals surface area contributed by atoms with Gasteiger partial charge in [-0.05, 0) is 12.8 Å².